The minimum atomic E-state index is -0.158. The quantitative estimate of drug-likeness (QED) is 0.878. The number of hydrogen-bond donors (Lipinski definition) is 1. The maximum absolute atomic E-state index is 12.0. The van der Waals surface area contributed by atoms with E-state index in [2.05, 4.69) is 15.5 Å². The summed E-state index contributed by atoms with van der Waals surface area (Å²) in [6, 6.07) is 5.58. The molecule has 7 nitrogen and oxygen atoms in total. The Hall–Kier alpha value is -2.57. The Morgan fingerprint density at radius 1 is 1.35 bits per heavy atom. The van der Waals surface area contributed by atoms with Crippen LogP contribution < -0.4 is 15.0 Å². The molecule has 1 aromatic carbocycles. The first kappa shape index (κ1) is 18.2. The Morgan fingerprint density at radius 3 is 2.69 bits per heavy atom. The van der Waals surface area contributed by atoms with E-state index in [1.54, 1.807) is 12.0 Å². The van der Waals surface area contributed by atoms with Crippen LogP contribution in [-0.4, -0.2) is 29.7 Å². The lowest BCUT2D eigenvalue weighted by Gasteiger charge is -2.20. The molecule has 1 aliphatic heterocycles. The number of benzene rings is 1. The molecule has 1 saturated heterocycles. The molecule has 0 aliphatic carbocycles. The summed E-state index contributed by atoms with van der Waals surface area (Å²) in [5, 5.41) is 7.41. The molecule has 7 heteroatoms. The predicted octanol–water partition coefficient (Wildman–Crippen LogP) is 3.68. The maximum Gasteiger partial charge on any atom is 0.248 e. The van der Waals surface area contributed by atoms with Crippen LogP contribution >= 0.6 is 0 Å². The highest BCUT2D eigenvalue weighted by Gasteiger charge is 2.25. The molecule has 0 bridgehead atoms. The van der Waals surface area contributed by atoms with E-state index >= 15 is 0 Å². The lowest BCUT2D eigenvalue weighted by Crippen LogP contribution is -2.24. The van der Waals surface area contributed by atoms with Crippen molar-refractivity contribution in [2.24, 2.45) is 0 Å². The zero-order valence-corrected chi connectivity index (χ0v) is 16.0. The number of carbonyl (C=O) groups excluding carboxylic acids is 1. The average molecular weight is 358 g/mol. The summed E-state index contributed by atoms with van der Waals surface area (Å²) >= 11 is 0. The molecule has 1 amide bonds. The number of nitrogens with zero attached hydrogens (tertiary/aromatic N) is 3. The van der Waals surface area contributed by atoms with Gasteiger partial charge in [-0.1, -0.05) is 25.9 Å². The molecule has 140 valence electrons. The van der Waals surface area contributed by atoms with E-state index in [4.69, 9.17) is 9.26 Å². The third-order valence-corrected chi connectivity index (χ3v) is 4.41. The second-order valence-electron chi connectivity index (χ2n) is 7.61. The minimum absolute atomic E-state index is 0.137. The summed E-state index contributed by atoms with van der Waals surface area (Å²) < 4.78 is 10.9. The molecule has 0 radical (unpaired) electrons. The van der Waals surface area contributed by atoms with Crippen LogP contribution in [0.25, 0.3) is 0 Å². The molecule has 1 aliphatic rings. The van der Waals surface area contributed by atoms with E-state index in [0.29, 0.717) is 23.9 Å². The number of nitrogens with one attached hydrogen (secondary N) is 1. The zero-order chi connectivity index (χ0) is 18.9. The third kappa shape index (κ3) is 3.66. The SMILES string of the molecule is COc1cc(N[C@@H](C)c2nc(C(C)(C)C)no2)ccc1N1CCCC1=O. The molecule has 3 rings (SSSR count). The zero-order valence-electron chi connectivity index (χ0n) is 16.0. The number of carbonyl (C=O) groups is 1. The van der Waals surface area contributed by atoms with Crippen LogP contribution in [0.4, 0.5) is 11.4 Å². The summed E-state index contributed by atoms with van der Waals surface area (Å²) in [5.41, 5.74) is 1.51. The molecule has 26 heavy (non-hydrogen) atoms. The van der Waals surface area contributed by atoms with E-state index in [0.717, 1.165) is 24.3 Å². The Bertz CT molecular complexity index is 794. The highest BCUT2D eigenvalue weighted by Crippen LogP contribution is 2.34. The fourth-order valence-electron chi connectivity index (χ4n) is 2.92. The van der Waals surface area contributed by atoms with E-state index in [9.17, 15) is 4.79 Å². The number of hydrogen-bond acceptors (Lipinski definition) is 6. The smallest absolute Gasteiger partial charge is 0.248 e. The molecule has 0 spiro atoms. The van der Waals surface area contributed by atoms with Crippen molar-refractivity contribution in [3.63, 3.8) is 0 Å². The lowest BCUT2D eigenvalue weighted by molar-refractivity contribution is -0.117. The van der Waals surface area contributed by atoms with E-state index < -0.39 is 0 Å². The van der Waals surface area contributed by atoms with Gasteiger partial charge in [-0.25, -0.2) is 0 Å². The van der Waals surface area contributed by atoms with Crippen LogP contribution in [-0.2, 0) is 10.2 Å². The van der Waals surface area contributed by atoms with Crippen LogP contribution in [0.3, 0.4) is 0 Å². The highest BCUT2D eigenvalue weighted by molar-refractivity contribution is 5.97. The van der Waals surface area contributed by atoms with Crippen LogP contribution in [0.1, 0.15) is 58.3 Å². The van der Waals surface area contributed by atoms with Crippen molar-refractivity contribution in [1.29, 1.82) is 0 Å². The van der Waals surface area contributed by atoms with Gasteiger partial charge in [-0.3, -0.25) is 4.79 Å². The van der Waals surface area contributed by atoms with Crippen molar-refractivity contribution in [1.82, 2.24) is 10.1 Å². The molecule has 2 heterocycles. The summed E-state index contributed by atoms with van der Waals surface area (Å²) in [5.74, 6) is 2.02. The van der Waals surface area contributed by atoms with Crippen LogP contribution in [0.5, 0.6) is 5.75 Å². The van der Waals surface area contributed by atoms with Crippen molar-refractivity contribution in [2.45, 2.75) is 52.0 Å². The van der Waals surface area contributed by atoms with Crippen molar-refractivity contribution >= 4 is 17.3 Å². The topological polar surface area (TPSA) is 80.5 Å². The predicted molar refractivity (Wildman–Crippen MR) is 99.6 cm³/mol. The first-order valence-corrected chi connectivity index (χ1v) is 8.88. The Labute approximate surface area is 153 Å². The van der Waals surface area contributed by atoms with Crippen molar-refractivity contribution in [3.05, 3.63) is 29.9 Å². The van der Waals surface area contributed by atoms with Crippen molar-refractivity contribution in [2.75, 3.05) is 23.9 Å². The first-order chi connectivity index (χ1) is 12.3. The molecular weight excluding hydrogens is 332 g/mol. The second kappa shape index (κ2) is 6.97. The summed E-state index contributed by atoms with van der Waals surface area (Å²) in [6.45, 7) is 8.83. The van der Waals surface area contributed by atoms with Crippen LogP contribution in [0.2, 0.25) is 0 Å². The van der Waals surface area contributed by atoms with Gasteiger partial charge in [0.05, 0.1) is 12.8 Å². The average Bonchev–Trinajstić information content (AvgIpc) is 3.23. The fourth-order valence-corrected chi connectivity index (χ4v) is 2.92. The van der Waals surface area contributed by atoms with Gasteiger partial charge in [-0.05, 0) is 25.5 Å². The van der Waals surface area contributed by atoms with Gasteiger partial charge in [0, 0.05) is 30.1 Å². The molecule has 2 aromatic rings. The largest absolute Gasteiger partial charge is 0.494 e. The molecule has 1 aromatic heterocycles. The molecule has 1 N–H and O–H groups in total. The highest BCUT2D eigenvalue weighted by atomic mass is 16.5. The van der Waals surface area contributed by atoms with Gasteiger partial charge in [0.1, 0.15) is 11.8 Å². The van der Waals surface area contributed by atoms with E-state index in [1.165, 1.54) is 0 Å². The monoisotopic (exact) mass is 358 g/mol. The number of methoxy groups -OCH3 is 1. The fraction of sp³-hybridized carbons (Fsp3) is 0.526. The number of rotatable bonds is 5. The first-order valence-electron chi connectivity index (χ1n) is 8.88. The van der Waals surface area contributed by atoms with Crippen molar-refractivity contribution < 1.29 is 14.1 Å². The van der Waals surface area contributed by atoms with Crippen LogP contribution in [0.15, 0.2) is 22.7 Å². The minimum Gasteiger partial charge on any atom is -0.494 e. The lowest BCUT2D eigenvalue weighted by atomic mass is 9.96. The van der Waals surface area contributed by atoms with Gasteiger partial charge in [-0.15, -0.1) is 0 Å². The Morgan fingerprint density at radius 2 is 2.12 bits per heavy atom. The summed E-state index contributed by atoms with van der Waals surface area (Å²) in [6.07, 6.45) is 1.47. The molecule has 1 atom stereocenters. The molecular formula is C19H26N4O3. The van der Waals surface area contributed by atoms with Gasteiger partial charge in [0.25, 0.3) is 0 Å². The van der Waals surface area contributed by atoms with E-state index in [-0.39, 0.29) is 17.4 Å². The molecule has 0 unspecified atom stereocenters. The summed E-state index contributed by atoms with van der Waals surface area (Å²) in [7, 11) is 1.61. The molecule has 1 fully saturated rings. The normalized spacial score (nSPS) is 16.0. The second-order valence-corrected chi connectivity index (χ2v) is 7.61. The third-order valence-electron chi connectivity index (χ3n) is 4.41. The van der Waals surface area contributed by atoms with Gasteiger partial charge in [-0.2, -0.15) is 4.98 Å². The number of aromatic nitrogens is 2. The van der Waals surface area contributed by atoms with Gasteiger partial charge < -0.3 is 19.5 Å². The van der Waals surface area contributed by atoms with E-state index in [1.807, 2.05) is 45.9 Å². The number of amides is 1. The van der Waals surface area contributed by atoms with Crippen LogP contribution in [0, 0.1) is 0 Å². The van der Waals surface area contributed by atoms with Gasteiger partial charge in [0.2, 0.25) is 11.8 Å². The number of anilines is 2. The van der Waals surface area contributed by atoms with Crippen molar-refractivity contribution in [3.8, 4) is 5.75 Å². The Kier molecular flexibility index (Phi) is 4.89. The maximum atomic E-state index is 12.0. The molecule has 0 saturated carbocycles. The standard InChI is InChI=1S/C19H26N4O3/c1-12(17-21-18(22-26-17)19(2,3)4)20-13-8-9-14(15(11-13)25-5)23-10-6-7-16(23)24/h8-9,11-12,20H,6-7,10H2,1-5H3/t12-/m0/s1. The van der Waals surface area contributed by atoms with Gasteiger partial charge in [0.15, 0.2) is 5.82 Å². The number of ether oxygens (including phenoxy) is 1. The Balaban J connectivity index is 1.77. The summed E-state index contributed by atoms with van der Waals surface area (Å²) in [4.78, 5) is 18.3. The van der Waals surface area contributed by atoms with Gasteiger partial charge >= 0.3 is 0 Å².